The highest BCUT2D eigenvalue weighted by atomic mass is 16.6. The van der Waals surface area contributed by atoms with Crippen LogP contribution >= 0.6 is 0 Å². The van der Waals surface area contributed by atoms with Crippen molar-refractivity contribution in [3.05, 3.63) is 71.8 Å². The maximum atomic E-state index is 13.3. The van der Waals surface area contributed by atoms with Gasteiger partial charge in [-0.3, -0.25) is 4.90 Å². The zero-order chi connectivity index (χ0) is 22.6. The van der Waals surface area contributed by atoms with E-state index in [2.05, 4.69) is 73.6 Å². The van der Waals surface area contributed by atoms with Crippen LogP contribution in [0.2, 0.25) is 0 Å². The SMILES string of the molecule is CN(C)C1(c2ccccc2)CCC(c2ccccc2)(N(C)C(=O)OC2CCOCC2)CC1. The van der Waals surface area contributed by atoms with E-state index >= 15 is 0 Å². The van der Waals surface area contributed by atoms with Gasteiger partial charge >= 0.3 is 6.09 Å². The van der Waals surface area contributed by atoms with E-state index in [1.54, 1.807) is 0 Å². The second-order valence-electron chi connectivity index (χ2n) is 9.44. The van der Waals surface area contributed by atoms with Crippen molar-refractivity contribution in [2.24, 2.45) is 0 Å². The lowest BCUT2D eigenvalue weighted by atomic mass is 9.66. The number of rotatable bonds is 5. The Morgan fingerprint density at radius 3 is 1.78 bits per heavy atom. The fraction of sp³-hybridized carbons (Fsp3) is 0.519. The summed E-state index contributed by atoms with van der Waals surface area (Å²) in [5.41, 5.74) is 2.12. The van der Waals surface area contributed by atoms with Crippen molar-refractivity contribution in [2.45, 2.75) is 55.7 Å². The van der Waals surface area contributed by atoms with E-state index in [1.165, 1.54) is 11.1 Å². The molecule has 0 bridgehead atoms. The van der Waals surface area contributed by atoms with Gasteiger partial charge in [-0.15, -0.1) is 0 Å². The van der Waals surface area contributed by atoms with E-state index in [0.717, 1.165) is 38.5 Å². The molecule has 32 heavy (non-hydrogen) atoms. The fourth-order valence-electron chi connectivity index (χ4n) is 5.58. The summed E-state index contributed by atoms with van der Waals surface area (Å²) in [6.07, 6.45) is 4.96. The standard InChI is InChI=1S/C27H36N2O3/c1-28(2)26(22-10-6-4-7-11-22)16-18-27(19-17-26,23-12-8-5-9-13-23)29(3)25(30)32-24-14-20-31-21-15-24/h4-13,24H,14-21H2,1-3H3. The minimum Gasteiger partial charge on any atom is -0.446 e. The average molecular weight is 437 g/mol. The van der Waals surface area contributed by atoms with Gasteiger partial charge in [0.25, 0.3) is 0 Å². The van der Waals surface area contributed by atoms with Crippen LogP contribution in [0, 0.1) is 0 Å². The monoisotopic (exact) mass is 436 g/mol. The quantitative estimate of drug-likeness (QED) is 0.649. The van der Waals surface area contributed by atoms with E-state index in [1.807, 2.05) is 18.0 Å². The van der Waals surface area contributed by atoms with Crippen LogP contribution < -0.4 is 0 Å². The number of carbonyl (C=O) groups is 1. The van der Waals surface area contributed by atoms with Crippen LogP contribution in [-0.4, -0.2) is 56.4 Å². The molecule has 1 heterocycles. The number of hydrogen-bond donors (Lipinski definition) is 0. The Labute approximate surface area is 192 Å². The summed E-state index contributed by atoms with van der Waals surface area (Å²) >= 11 is 0. The fourth-order valence-corrected chi connectivity index (χ4v) is 5.58. The molecule has 2 aromatic rings. The minimum absolute atomic E-state index is 0.0367. The molecule has 5 nitrogen and oxygen atoms in total. The number of amides is 1. The Kier molecular flexibility index (Phi) is 6.87. The van der Waals surface area contributed by atoms with Crippen molar-refractivity contribution >= 4 is 6.09 Å². The molecule has 1 saturated carbocycles. The lowest BCUT2D eigenvalue weighted by Crippen LogP contribution is -2.55. The average Bonchev–Trinajstić information content (AvgIpc) is 2.85. The largest absolute Gasteiger partial charge is 0.446 e. The number of nitrogens with zero attached hydrogens (tertiary/aromatic N) is 2. The van der Waals surface area contributed by atoms with Crippen molar-refractivity contribution in [2.75, 3.05) is 34.4 Å². The molecular formula is C27H36N2O3. The summed E-state index contributed by atoms with van der Waals surface area (Å²) < 4.78 is 11.4. The van der Waals surface area contributed by atoms with Crippen molar-refractivity contribution in [1.82, 2.24) is 9.80 Å². The Hall–Kier alpha value is -2.37. The molecule has 172 valence electrons. The van der Waals surface area contributed by atoms with Crippen molar-refractivity contribution in [1.29, 1.82) is 0 Å². The molecule has 0 spiro atoms. The van der Waals surface area contributed by atoms with E-state index in [-0.39, 0.29) is 23.3 Å². The Morgan fingerprint density at radius 2 is 1.28 bits per heavy atom. The van der Waals surface area contributed by atoms with E-state index in [0.29, 0.717) is 13.2 Å². The van der Waals surface area contributed by atoms with Gasteiger partial charge in [-0.05, 0) is 50.9 Å². The molecule has 5 heteroatoms. The Bertz CT molecular complexity index is 870. The third-order valence-electron chi connectivity index (χ3n) is 7.73. The highest BCUT2D eigenvalue weighted by Crippen LogP contribution is 2.50. The lowest BCUT2D eigenvalue weighted by molar-refractivity contribution is -0.0370. The van der Waals surface area contributed by atoms with Crippen molar-refractivity contribution in [3.8, 4) is 0 Å². The zero-order valence-corrected chi connectivity index (χ0v) is 19.6. The number of ether oxygens (including phenoxy) is 2. The molecule has 0 aromatic heterocycles. The smallest absolute Gasteiger partial charge is 0.410 e. The Morgan fingerprint density at radius 1 is 0.812 bits per heavy atom. The zero-order valence-electron chi connectivity index (χ0n) is 19.6. The third-order valence-corrected chi connectivity index (χ3v) is 7.73. The van der Waals surface area contributed by atoms with Gasteiger partial charge in [0.2, 0.25) is 0 Å². The van der Waals surface area contributed by atoms with Gasteiger partial charge in [0.1, 0.15) is 6.10 Å². The van der Waals surface area contributed by atoms with Gasteiger partial charge in [-0.25, -0.2) is 4.79 Å². The third kappa shape index (κ3) is 4.28. The summed E-state index contributed by atoms with van der Waals surface area (Å²) in [4.78, 5) is 17.5. The van der Waals surface area contributed by atoms with E-state index in [4.69, 9.17) is 9.47 Å². The first-order chi connectivity index (χ1) is 15.5. The molecular weight excluding hydrogens is 400 g/mol. The number of benzene rings is 2. The van der Waals surface area contributed by atoms with Gasteiger partial charge in [-0.2, -0.15) is 0 Å². The minimum atomic E-state index is -0.377. The predicted octanol–water partition coefficient (Wildman–Crippen LogP) is 5.16. The summed E-state index contributed by atoms with van der Waals surface area (Å²) in [6.45, 7) is 1.32. The number of hydrogen-bond acceptors (Lipinski definition) is 4. The first-order valence-electron chi connectivity index (χ1n) is 11.8. The molecule has 1 amide bonds. The second kappa shape index (κ2) is 9.63. The molecule has 2 aliphatic rings. The molecule has 2 aromatic carbocycles. The molecule has 0 atom stereocenters. The molecule has 0 N–H and O–H groups in total. The molecule has 0 radical (unpaired) electrons. The van der Waals surface area contributed by atoms with Gasteiger partial charge < -0.3 is 14.4 Å². The number of carbonyl (C=O) groups excluding carboxylic acids is 1. The lowest BCUT2D eigenvalue weighted by Gasteiger charge is -2.53. The first kappa shape index (κ1) is 22.8. The molecule has 1 aliphatic carbocycles. The first-order valence-corrected chi connectivity index (χ1v) is 11.8. The summed E-state index contributed by atoms with van der Waals surface area (Å²) in [5.74, 6) is 0. The van der Waals surface area contributed by atoms with Crippen molar-refractivity contribution < 1.29 is 14.3 Å². The van der Waals surface area contributed by atoms with Crippen molar-refractivity contribution in [3.63, 3.8) is 0 Å². The maximum absolute atomic E-state index is 13.3. The van der Waals surface area contributed by atoms with Crippen LogP contribution in [0.25, 0.3) is 0 Å². The van der Waals surface area contributed by atoms with Gasteiger partial charge in [-0.1, -0.05) is 60.7 Å². The molecule has 1 saturated heterocycles. The maximum Gasteiger partial charge on any atom is 0.410 e. The van der Waals surface area contributed by atoms with Crippen LogP contribution in [0.4, 0.5) is 4.79 Å². The van der Waals surface area contributed by atoms with Crippen LogP contribution in [0.15, 0.2) is 60.7 Å². The van der Waals surface area contributed by atoms with Gasteiger partial charge in [0.05, 0.1) is 18.8 Å². The molecule has 2 fully saturated rings. The van der Waals surface area contributed by atoms with Crippen LogP contribution in [0.3, 0.4) is 0 Å². The predicted molar refractivity (Wildman–Crippen MR) is 126 cm³/mol. The summed E-state index contributed by atoms with van der Waals surface area (Å²) in [7, 11) is 6.26. The second-order valence-corrected chi connectivity index (χ2v) is 9.44. The van der Waals surface area contributed by atoms with Crippen LogP contribution in [0.5, 0.6) is 0 Å². The normalized spacial score (nSPS) is 26.6. The molecule has 4 rings (SSSR count). The van der Waals surface area contributed by atoms with Crippen LogP contribution in [-0.2, 0) is 20.6 Å². The molecule has 0 unspecified atom stereocenters. The highest BCUT2D eigenvalue weighted by Gasteiger charge is 2.49. The van der Waals surface area contributed by atoms with Gasteiger partial charge in [0.15, 0.2) is 0 Å². The van der Waals surface area contributed by atoms with Gasteiger partial charge in [0, 0.05) is 25.4 Å². The van der Waals surface area contributed by atoms with Crippen LogP contribution in [0.1, 0.15) is 49.7 Å². The molecule has 1 aliphatic heterocycles. The van der Waals surface area contributed by atoms with E-state index < -0.39 is 0 Å². The Balaban J connectivity index is 1.62. The highest BCUT2D eigenvalue weighted by molar-refractivity contribution is 5.69. The summed E-state index contributed by atoms with van der Waals surface area (Å²) in [5, 5.41) is 0. The topological polar surface area (TPSA) is 42.0 Å². The van der Waals surface area contributed by atoms with E-state index in [9.17, 15) is 4.79 Å². The summed E-state index contributed by atoms with van der Waals surface area (Å²) in [6, 6.07) is 21.3.